The number of carbonyl (C=O) groups is 1. The Morgan fingerprint density at radius 2 is 1.94 bits per heavy atom. The van der Waals surface area contributed by atoms with Gasteiger partial charge in [-0.2, -0.15) is 0 Å². The minimum absolute atomic E-state index is 0.00808. The van der Waals surface area contributed by atoms with E-state index in [1.807, 2.05) is 51.1 Å². The maximum atomic E-state index is 12.0. The van der Waals surface area contributed by atoms with Gasteiger partial charge in [-0.1, -0.05) is 43.4 Å². The van der Waals surface area contributed by atoms with Crippen molar-refractivity contribution in [2.75, 3.05) is 5.32 Å². The standard InChI is InChI=1S/C14H16N2OS/c1-9(2)12(17)13-10(3)15-14(18-13)16-11-7-5-4-6-8-11/h4-9H,1-3H3,(H,15,16). The van der Waals surface area contributed by atoms with Crippen LogP contribution in [0.2, 0.25) is 0 Å². The van der Waals surface area contributed by atoms with E-state index in [0.29, 0.717) is 0 Å². The number of benzene rings is 1. The molecule has 1 N–H and O–H groups in total. The van der Waals surface area contributed by atoms with Crippen molar-refractivity contribution in [3.8, 4) is 0 Å². The molecule has 0 aliphatic rings. The number of aromatic nitrogens is 1. The molecule has 94 valence electrons. The quantitative estimate of drug-likeness (QED) is 0.844. The predicted octanol–water partition coefficient (Wildman–Crippen LogP) is 4.03. The molecule has 0 radical (unpaired) electrons. The average molecular weight is 260 g/mol. The largest absolute Gasteiger partial charge is 0.332 e. The number of nitrogens with one attached hydrogen (secondary N) is 1. The van der Waals surface area contributed by atoms with Gasteiger partial charge >= 0.3 is 0 Å². The lowest BCUT2D eigenvalue weighted by atomic mass is 10.1. The van der Waals surface area contributed by atoms with E-state index in [4.69, 9.17) is 0 Å². The van der Waals surface area contributed by atoms with Crippen molar-refractivity contribution in [2.45, 2.75) is 20.8 Å². The van der Waals surface area contributed by atoms with Crippen molar-refractivity contribution in [3.63, 3.8) is 0 Å². The molecule has 0 atom stereocenters. The first kappa shape index (κ1) is 12.8. The summed E-state index contributed by atoms with van der Waals surface area (Å²) in [5.41, 5.74) is 1.78. The normalized spacial score (nSPS) is 10.7. The third kappa shape index (κ3) is 2.76. The van der Waals surface area contributed by atoms with E-state index < -0.39 is 0 Å². The van der Waals surface area contributed by atoms with Crippen LogP contribution >= 0.6 is 11.3 Å². The van der Waals surface area contributed by atoms with Crippen molar-refractivity contribution in [1.82, 2.24) is 4.98 Å². The molecule has 0 spiro atoms. The fraction of sp³-hybridized carbons (Fsp3) is 0.286. The van der Waals surface area contributed by atoms with Gasteiger partial charge in [0.2, 0.25) is 0 Å². The van der Waals surface area contributed by atoms with E-state index in [9.17, 15) is 4.79 Å². The third-order valence-corrected chi connectivity index (χ3v) is 3.66. The number of hydrogen-bond donors (Lipinski definition) is 1. The second-order valence-electron chi connectivity index (χ2n) is 4.44. The van der Waals surface area contributed by atoms with Crippen LogP contribution in [0.4, 0.5) is 10.8 Å². The monoisotopic (exact) mass is 260 g/mol. The molecule has 0 bridgehead atoms. The summed E-state index contributed by atoms with van der Waals surface area (Å²) >= 11 is 1.42. The molecule has 4 heteroatoms. The second kappa shape index (κ2) is 5.31. The van der Waals surface area contributed by atoms with E-state index in [1.165, 1.54) is 11.3 Å². The zero-order valence-electron chi connectivity index (χ0n) is 10.7. The summed E-state index contributed by atoms with van der Waals surface area (Å²) in [7, 11) is 0. The highest BCUT2D eigenvalue weighted by molar-refractivity contribution is 7.17. The molecule has 0 saturated carbocycles. The van der Waals surface area contributed by atoms with Gasteiger partial charge in [-0.05, 0) is 19.1 Å². The van der Waals surface area contributed by atoms with Gasteiger partial charge in [0.15, 0.2) is 10.9 Å². The molecule has 0 unspecified atom stereocenters. The lowest BCUT2D eigenvalue weighted by Gasteiger charge is -2.01. The summed E-state index contributed by atoms with van der Waals surface area (Å²) in [5, 5.41) is 3.98. The van der Waals surface area contributed by atoms with Crippen molar-refractivity contribution < 1.29 is 4.79 Å². The number of aryl methyl sites for hydroxylation is 1. The number of carbonyl (C=O) groups excluding carboxylic acids is 1. The molecule has 2 rings (SSSR count). The van der Waals surface area contributed by atoms with Crippen LogP contribution in [-0.2, 0) is 0 Å². The summed E-state index contributed by atoms with van der Waals surface area (Å²) in [4.78, 5) is 17.1. The van der Waals surface area contributed by atoms with Gasteiger partial charge in [0.25, 0.3) is 0 Å². The number of rotatable bonds is 4. The minimum atomic E-state index is 0.00808. The molecule has 1 aromatic carbocycles. The Labute approximate surface area is 111 Å². The Hall–Kier alpha value is -1.68. The molecule has 2 aromatic rings. The Balaban J connectivity index is 2.22. The maximum absolute atomic E-state index is 12.0. The smallest absolute Gasteiger partial charge is 0.188 e. The average Bonchev–Trinajstić information content (AvgIpc) is 2.70. The van der Waals surface area contributed by atoms with Crippen molar-refractivity contribution in [3.05, 3.63) is 40.9 Å². The Morgan fingerprint density at radius 1 is 1.28 bits per heavy atom. The Morgan fingerprint density at radius 3 is 2.56 bits per heavy atom. The summed E-state index contributed by atoms with van der Waals surface area (Å²) < 4.78 is 0. The van der Waals surface area contributed by atoms with Crippen LogP contribution in [0.5, 0.6) is 0 Å². The predicted molar refractivity (Wildman–Crippen MR) is 75.7 cm³/mol. The van der Waals surface area contributed by atoms with Crippen LogP contribution in [0.3, 0.4) is 0 Å². The molecule has 0 fully saturated rings. The highest BCUT2D eigenvalue weighted by atomic mass is 32.1. The van der Waals surface area contributed by atoms with Gasteiger partial charge < -0.3 is 5.32 Å². The molecule has 1 heterocycles. The number of ketones is 1. The van der Waals surface area contributed by atoms with Gasteiger partial charge in [0.1, 0.15) is 0 Å². The number of Topliss-reactive ketones (excluding diaryl/α,β-unsaturated/α-hetero) is 1. The SMILES string of the molecule is Cc1nc(Nc2ccccc2)sc1C(=O)C(C)C. The number of para-hydroxylation sites is 1. The van der Waals surface area contributed by atoms with E-state index in [0.717, 1.165) is 21.4 Å². The van der Waals surface area contributed by atoms with Gasteiger partial charge in [-0.3, -0.25) is 4.79 Å². The van der Waals surface area contributed by atoms with E-state index in [1.54, 1.807) is 0 Å². The number of anilines is 2. The zero-order chi connectivity index (χ0) is 13.1. The van der Waals surface area contributed by atoms with Crippen molar-refractivity contribution in [2.24, 2.45) is 5.92 Å². The van der Waals surface area contributed by atoms with Crippen LogP contribution in [0.1, 0.15) is 29.2 Å². The fourth-order valence-electron chi connectivity index (χ4n) is 1.59. The molecule has 1 aromatic heterocycles. The molecule has 0 aliphatic heterocycles. The third-order valence-electron chi connectivity index (χ3n) is 2.57. The zero-order valence-corrected chi connectivity index (χ0v) is 11.5. The van der Waals surface area contributed by atoms with Crippen molar-refractivity contribution >= 4 is 27.9 Å². The Kier molecular flexibility index (Phi) is 3.77. The summed E-state index contributed by atoms with van der Waals surface area (Å²) in [6.45, 7) is 5.69. The Bertz CT molecular complexity index is 546. The van der Waals surface area contributed by atoms with Crippen LogP contribution in [0.15, 0.2) is 30.3 Å². The molecular weight excluding hydrogens is 244 g/mol. The molecule has 0 aliphatic carbocycles. The van der Waals surface area contributed by atoms with Crippen LogP contribution in [0.25, 0.3) is 0 Å². The molecular formula is C14H16N2OS. The van der Waals surface area contributed by atoms with Gasteiger partial charge in [-0.15, -0.1) is 0 Å². The van der Waals surface area contributed by atoms with Crippen molar-refractivity contribution in [1.29, 1.82) is 0 Å². The van der Waals surface area contributed by atoms with Gasteiger partial charge in [0, 0.05) is 11.6 Å². The number of nitrogens with zero attached hydrogens (tertiary/aromatic N) is 1. The van der Waals surface area contributed by atoms with Crippen LogP contribution in [-0.4, -0.2) is 10.8 Å². The molecule has 3 nitrogen and oxygen atoms in total. The summed E-state index contributed by atoms with van der Waals surface area (Å²) in [6.07, 6.45) is 0. The number of thiazole rings is 1. The van der Waals surface area contributed by atoms with E-state index >= 15 is 0 Å². The highest BCUT2D eigenvalue weighted by Gasteiger charge is 2.17. The van der Waals surface area contributed by atoms with Gasteiger partial charge in [0.05, 0.1) is 10.6 Å². The maximum Gasteiger partial charge on any atom is 0.188 e. The van der Waals surface area contributed by atoms with Gasteiger partial charge in [-0.25, -0.2) is 4.98 Å². The van der Waals surface area contributed by atoms with Crippen LogP contribution in [0, 0.1) is 12.8 Å². The molecule has 0 amide bonds. The first-order valence-electron chi connectivity index (χ1n) is 5.91. The number of hydrogen-bond acceptors (Lipinski definition) is 4. The minimum Gasteiger partial charge on any atom is -0.332 e. The molecule has 18 heavy (non-hydrogen) atoms. The highest BCUT2D eigenvalue weighted by Crippen LogP contribution is 2.27. The summed E-state index contributed by atoms with van der Waals surface area (Å²) in [6, 6.07) is 9.83. The molecule has 0 saturated heterocycles. The van der Waals surface area contributed by atoms with Crippen LogP contribution < -0.4 is 5.32 Å². The van der Waals surface area contributed by atoms with E-state index in [2.05, 4.69) is 10.3 Å². The lowest BCUT2D eigenvalue weighted by molar-refractivity contribution is 0.0942. The summed E-state index contributed by atoms with van der Waals surface area (Å²) in [5.74, 6) is 0.167. The first-order valence-corrected chi connectivity index (χ1v) is 6.73. The van der Waals surface area contributed by atoms with E-state index in [-0.39, 0.29) is 11.7 Å². The second-order valence-corrected chi connectivity index (χ2v) is 5.44. The first-order chi connectivity index (χ1) is 8.58. The lowest BCUT2D eigenvalue weighted by Crippen LogP contribution is -2.06. The fourth-order valence-corrected chi connectivity index (χ4v) is 2.66. The topological polar surface area (TPSA) is 42.0 Å².